The Morgan fingerprint density at radius 1 is 1.56 bits per heavy atom. The van der Waals surface area contributed by atoms with Gasteiger partial charge in [-0.05, 0) is 17.9 Å². The monoisotopic (exact) mass is 242 g/mol. The molecule has 5 nitrogen and oxygen atoms in total. The zero-order chi connectivity index (χ0) is 12.0. The molecule has 0 saturated carbocycles. The van der Waals surface area contributed by atoms with E-state index in [4.69, 9.17) is 10.5 Å². The van der Waals surface area contributed by atoms with Gasteiger partial charge >= 0.3 is 5.69 Å². The lowest BCUT2D eigenvalue weighted by atomic mass is 10.2. The van der Waals surface area contributed by atoms with Crippen molar-refractivity contribution in [2.24, 2.45) is 5.73 Å². The molecule has 1 aromatic rings. The zero-order valence-corrected chi connectivity index (χ0v) is 9.83. The smallest absolute Gasteiger partial charge is 0.311 e. The number of hydrogen-bond donors (Lipinski definition) is 1. The van der Waals surface area contributed by atoms with Crippen molar-refractivity contribution in [3.05, 3.63) is 33.9 Å². The first kappa shape index (κ1) is 12.8. The third-order valence-corrected chi connectivity index (χ3v) is 2.58. The molecule has 0 aliphatic carbocycles. The van der Waals surface area contributed by atoms with Crippen molar-refractivity contribution in [1.82, 2.24) is 0 Å². The van der Waals surface area contributed by atoms with E-state index in [2.05, 4.69) is 0 Å². The lowest BCUT2D eigenvalue weighted by Gasteiger charge is -2.06. The average Bonchev–Trinajstić information content (AvgIpc) is 2.29. The highest BCUT2D eigenvalue weighted by Crippen LogP contribution is 2.27. The summed E-state index contributed by atoms with van der Waals surface area (Å²) in [6.07, 6.45) is 1.95. The van der Waals surface area contributed by atoms with Gasteiger partial charge in [0, 0.05) is 18.4 Å². The summed E-state index contributed by atoms with van der Waals surface area (Å²) in [5, 5.41) is 10.8. The van der Waals surface area contributed by atoms with Crippen LogP contribution in [0.15, 0.2) is 18.2 Å². The molecule has 0 aromatic heterocycles. The molecule has 0 unspecified atom stereocenters. The lowest BCUT2D eigenvalue weighted by molar-refractivity contribution is -0.385. The highest BCUT2D eigenvalue weighted by molar-refractivity contribution is 7.98. The quantitative estimate of drug-likeness (QED) is 0.467. The van der Waals surface area contributed by atoms with Crippen LogP contribution in [-0.4, -0.2) is 23.5 Å². The van der Waals surface area contributed by atoms with Gasteiger partial charge in [0.25, 0.3) is 0 Å². The molecule has 0 heterocycles. The van der Waals surface area contributed by atoms with E-state index in [0.717, 1.165) is 11.3 Å². The molecule has 0 saturated heterocycles. The first-order valence-corrected chi connectivity index (χ1v) is 6.17. The number of hydrogen-bond acceptors (Lipinski definition) is 5. The Morgan fingerprint density at radius 3 is 2.88 bits per heavy atom. The molecule has 6 heteroatoms. The summed E-state index contributed by atoms with van der Waals surface area (Å²) in [6, 6.07) is 4.79. The van der Waals surface area contributed by atoms with Crippen LogP contribution in [-0.2, 0) is 6.54 Å². The van der Waals surface area contributed by atoms with Gasteiger partial charge in [0.05, 0.1) is 11.5 Å². The van der Waals surface area contributed by atoms with Gasteiger partial charge in [0.15, 0.2) is 5.75 Å². The predicted molar refractivity (Wildman–Crippen MR) is 64.9 cm³/mol. The standard InChI is InChI=1S/C10H14N2O3S/c1-16-5-4-15-10-3-2-8(7-11)6-9(10)12(13)14/h2-3,6H,4-5,7,11H2,1H3. The van der Waals surface area contributed by atoms with E-state index >= 15 is 0 Å². The van der Waals surface area contributed by atoms with E-state index in [-0.39, 0.29) is 12.2 Å². The first-order chi connectivity index (χ1) is 7.69. The number of benzene rings is 1. The molecule has 0 aliphatic heterocycles. The van der Waals surface area contributed by atoms with Crippen LogP contribution in [0.1, 0.15) is 5.56 Å². The molecular formula is C10H14N2O3S. The van der Waals surface area contributed by atoms with Crippen molar-refractivity contribution in [3.63, 3.8) is 0 Å². The van der Waals surface area contributed by atoms with E-state index in [0.29, 0.717) is 12.4 Å². The van der Waals surface area contributed by atoms with Crippen LogP contribution in [0.5, 0.6) is 5.75 Å². The molecule has 1 rings (SSSR count). The highest BCUT2D eigenvalue weighted by atomic mass is 32.2. The second-order valence-electron chi connectivity index (χ2n) is 3.10. The minimum Gasteiger partial charge on any atom is -0.486 e. The number of thioether (sulfide) groups is 1. The van der Waals surface area contributed by atoms with E-state index in [1.165, 1.54) is 6.07 Å². The maximum Gasteiger partial charge on any atom is 0.311 e. The van der Waals surface area contributed by atoms with Crippen LogP contribution in [0, 0.1) is 10.1 Å². The van der Waals surface area contributed by atoms with Gasteiger partial charge in [-0.15, -0.1) is 0 Å². The SMILES string of the molecule is CSCCOc1ccc(CN)cc1[N+](=O)[O-]. The Labute approximate surface area is 98.1 Å². The van der Waals surface area contributed by atoms with Crippen LogP contribution < -0.4 is 10.5 Å². The third-order valence-electron chi connectivity index (χ3n) is 2.00. The van der Waals surface area contributed by atoms with Crippen LogP contribution in [0.3, 0.4) is 0 Å². The fourth-order valence-electron chi connectivity index (χ4n) is 1.19. The second kappa shape index (κ2) is 6.34. The van der Waals surface area contributed by atoms with Gasteiger partial charge in [-0.1, -0.05) is 6.07 Å². The number of ether oxygens (including phenoxy) is 1. The van der Waals surface area contributed by atoms with E-state index in [1.54, 1.807) is 23.9 Å². The molecule has 2 N–H and O–H groups in total. The largest absolute Gasteiger partial charge is 0.486 e. The summed E-state index contributed by atoms with van der Waals surface area (Å²) in [5.41, 5.74) is 6.13. The van der Waals surface area contributed by atoms with E-state index < -0.39 is 4.92 Å². The molecule has 0 spiro atoms. The van der Waals surface area contributed by atoms with E-state index in [9.17, 15) is 10.1 Å². The molecule has 0 amide bonds. The molecule has 0 radical (unpaired) electrons. The van der Waals surface area contributed by atoms with Crippen LogP contribution in [0.4, 0.5) is 5.69 Å². The Balaban J connectivity index is 2.85. The summed E-state index contributed by atoms with van der Waals surface area (Å²) in [5.74, 6) is 1.10. The summed E-state index contributed by atoms with van der Waals surface area (Å²) < 4.78 is 5.34. The van der Waals surface area contributed by atoms with Crippen molar-refractivity contribution in [3.8, 4) is 5.75 Å². The molecule has 0 fully saturated rings. The van der Waals surface area contributed by atoms with Crippen molar-refractivity contribution in [1.29, 1.82) is 0 Å². The Bertz CT molecular complexity index is 371. The Kier molecular flexibility index (Phi) is 5.07. The number of nitro groups is 1. The average molecular weight is 242 g/mol. The fraction of sp³-hybridized carbons (Fsp3) is 0.400. The number of rotatable bonds is 6. The summed E-state index contributed by atoms with van der Waals surface area (Å²) >= 11 is 1.63. The summed E-state index contributed by atoms with van der Waals surface area (Å²) in [6.45, 7) is 0.746. The Hall–Kier alpha value is -1.27. The van der Waals surface area contributed by atoms with Crippen LogP contribution >= 0.6 is 11.8 Å². The van der Waals surface area contributed by atoms with Crippen molar-refractivity contribution < 1.29 is 9.66 Å². The van der Waals surface area contributed by atoms with Gasteiger partial charge in [0.1, 0.15) is 0 Å². The van der Waals surface area contributed by atoms with Gasteiger partial charge in [0.2, 0.25) is 0 Å². The van der Waals surface area contributed by atoms with Crippen molar-refractivity contribution in [2.45, 2.75) is 6.54 Å². The number of nitro benzene ring substituents is 1. The maximum absolute atomic E-state index is 10.8. The molecule has 16 heavy (non-hydrogen) atoms. The molecule has 0 atom stereocenters. The number of nitrogens with two attached hydrogens (primary N) is 1. The topological polar surface area (TPSA) is 78.4 Å². The van der Waals surface area contributed by atoms with E-state index in [1.807, 2.05) is 6.26 Å². The normalized spacial score (nSPS) is 10.1. The minimum absolute atomic E-state index is 0.0240. The maximum atomic E-state index is 10.8. The molecule has 0 aliphatic rings. The first-order valence-electron chi connectivity index (χ1n) is 4.78. The van der Waals surface area contributed by atoms with Crippen LogP contribution in [0.25, 0.3) is 0 Å². The molecule has 0 bridgehead atoms. The third kappa shape index (κ3) is 3.39. The van der Waals surface area contributed by atoms with Crippen molar-refractivity contribution >= 4 is 17.4 Å². The van der Waals surface area contributed by atoms with Crippen molar-refractivity contribution in [2.75, 3.05) is 18.6 Å². The molecule has 88 valence electrons. The zero-order valence-electron chi connectivity index (χ0n) is 9.01. The fourth-order valence-corrected chi connectivity index (χ4v) is 1.44. The predicted octanol–water partition coefficient (Wildman–Crippen LogP) is 1.80. The number of nitrogens with zero attached hydrogens (tertiary/aromatic N) is 1. The van der Waals surface area contributed by atoms with Gasteiger partial charge in [-0.25, -0.2) is 0 Å². The molecular weight excluding hydrogens is 228 g/mol. The second-order valence-corrected chi connectivity index (χ2v) is 4.09. The summed E-state index contributed by atoms with van der Waals surface area (Å²) in [4.78, 5) is 10.4. The van der Waals surface area contributed by atoms with Crippen LogP contribution in [0.2, 0.25) is 0 Å². The molecule has 1 aromatic carbocycles. The van der Waals surface area contributed by atoms with Gasteiger partial charge in [-0.2, -0.15) is 11.8 Å². The minimum atomic E-state index is -0.451. The van der Waals surface area contributed by atoms with Gasteiger partial charge < -0.3 is 10.5 Å². The highest BCUT2D eigenvalue weighted by Gasteiger charge is 2.15. The lowest BCUT2D eigenvalue weighted by Crippen LogP contribution is -2.04. The summed E-state index contributed by atoms with van der Waals surface area (Å²) in [7, 11) is 0. The van der Waals surface area contributed by atoms with Gasteiger partial charge in [-0.3, -0.25) is 10.1 Å². The Morgan fingerprint density at radius 2 is 2.31 bits per heavy atom.